The van der Waals surface area contributed by atoms with Gasteiger partial charge in [-0.15, -0.1) is 0 Å². The van der Waals surface area contributed by atoms with Gasteiger partial charge in [0.15, 0.2) is 18.3 Å². The quantitative estimate of drug-likeness (QED) is 0.125. The number of carbonyl (C=O) groups excluding carboxylic acids is 4. The number of esters is 4. The second-order valence-corrected chi connectivity index (χ2v) is 13.5. The molecule has 2 heterocycles. The normalized spacial score (nSPS) is 31.6. The van der Waals surface area contributed by atoms with Gasteiger partial charge in [0, 0.05) is 19.3 Å². The molecule has 4 N–H and O–H groups in total. The van der Waals surface area contributed by atoms with Crippen LogP contribution < -0.4 is 0 Å². The Kier molecular flexibility index (Phi) is 16.0. The van der Waals surface area contributed by atoms with E-state index in [1.165, 1.54) is 0 Å². The first-order chi connectivity index (χ1) is 22.0. The lowest BCUT2D eigenvalue weighted by atomic mass is 9.97. The van der Waals surface area contributed by atoms with Crippen LogP contribution in [0.4, 0.5) is 0 Å². The highest BCUT2D eigenvalue weighted by Gasteiger charge is 2.61. The van der Waals surface area contributed by atoms with Crippen LogP contribution in [0.3, 0.4) is 0 Å². The third-order valence-corrected chi connectivity index (χ3v) is 7.73. The van der Waals surface area contributed by atoms with Crippen molar-refractivity contribution in [3.05, 3.63) is 0 Å². The highest BCUT2D eigenvalue weighted by molar-refractivity contribution is 5.73. The Morgan fingerprint density at radius 2 is 1.23 bits per heavy atom. The highest BCUT2D eigenvalue weighted by atomic mass is 16.8. The number of carbonyl (C=O) groups is 4. The molecule has 0 amide bonds. The van der Waals surface area contributed by atoms with E-state index in [1.54, 1.807) is 55.4 Å². The lowest BCUT2D eigenvalue weighted by molar-refractivity contribution is -0.384. The molecule has 0 saturated carbocycles. The van der Waals surface area contributed by atoms with Crippen molar-refractivity contribution in [2.24, 2.45) is 23.7 Å². The fourth-order valence-corrected chi connectivity index (χ4v) is 5.03. The van der Waals surface area contributed by atoms with Gasteiger partial charge in [-0.3, -0.25) is 19.2 Å². The minimum Gasteiger partial charge on any atom is -0.460 e. The number of hydrogen-bond donors (Lipinski definition) is 4. The van der Waals surface area contributed by atoms with Gasteiger partial charge in [0.1, 0.15) is 31.0 Å². The largest absolute Gasteiger partial charge is 0.460 e. The van der Waals surface area contributed by atoms with Crippen LogP contribution in [0.1, 0.15) is 81.1 Å². The molecule has 10 unspecified atom stereocenters. The maximum Gasteiger partial charge on any atom is 0.309 e. The van der Waals surface area contributed by atoms with Crippen molar-refractivity contribution >= 4 is 23.9 Å². The molecule has 2 aliphatic rings. The fraction of sp³-hybridized carbons (Fsp3) is 0.875. The summed E-state index contributed by atoms with van der Waals surface area (Å²) in [5.41, 5.74) is 0. The smallest absolute Gasteiger partial charge is 0.309 e. The van der Waals surface area contributed by atoms with Crippen LogP contribution in [0.15, 0.2) is 0 Å². The molecule has 0 bridgehead atoms. The lowest BCUT2D eigenvalue weighted by Crippen LogP contribution is -2.65. The first kappa shape index (κ1) is 40.8. The average molecular weight is 679 g/mol. The Bertz CT molecular complexity index is 1030. The van der Waals surface area contributed by atoms with Gasteiger partial charge in [-0.25, -0.2) is 0 Å². The second-order valence-electron chi connectivity index (χ2n) is 13.5. The average Bonchev–Trinajstić information content (AvgIpc) is 3.21. The maximum atomic E-state index is 13.2. The summed E-state index contributed by atoms with van der Waals surface area (Å²) in [6.07, 6.45) is -12.7. The van der Waals surface area contributed by atoms with Crippen LogP contribution in [-0.2, 0) is 52.3 Å². The number of ether oxygens (including phenoxy) is 7. The molecule has 10 atom stereocenters. The molecule has 0 spiro atoms. The number of hydrogen-bond acceptors (Lipinski definition) is 15. The molecule has 0 aromatic carbocycles. The molecule has 2 saturated heterocycles. The summed E-state index contributed by atoms with van der Waals surface area (Å²) in [6, 6.07) is 0. The van der Waals surface area contributed by atoms with E-state index < -0.39 is 104 Å². The summed E-state index contributed by atoms with van der Waals surface area (Å²) in [7, 11) is 0. The number of aliphatic hydroxyl groups is 4. The fourth-order valence-electron chi connectivity index (χ4n) is 5.03. The first-order valence-corrected chi connectivity index (χ1v) is 16.3. The monoisotopic (exact) mass is 678 g/mol. The van der Waals surface area contributed by atoms with Crippen molar-refractivity contribution in [3.8, 4) is 0 Å². The molecular weight excluding hydrogens is 624 g/mol. The Balaban J connectivity index is 2.65. The van der Waals surface area contributed by atoms with Crippen LogP contribution in [0.2, 0.25) is 0 Å². The molecular formula is C32H54O15. The summed E-state index contributed by atoms with van der Waals surface area (Å²) in [5.74, 6) is -6.25. The van der Waals surface area contributed by atoms with Crippen molar-refractivity contribution < 1.29 is 72.8 Å². The van der Waals surface area contributed by atoms with Gasteiger partial charge in [-0.1, -0.05) is 55.4 Å². The highest BCUT2D eigenvalue weighted by Crippen LogP contribution is 2.39. The van der Waals surface area contributed by atoms with Gasteiger partial charge in [0.2, 0.25) is 12.1 Å². The van der Waals surface area contributed by atoms with E-state index in [-0.39, 0.29) is 37.0 Å². The summed E-state index contributed by atoms with van der Waals surface area (Å²) < 4.78 is 40.5. The van der Waals surface area contributed by atoms with Crippen molar-refractivity contribution in [2.75, 3.05) is 19.8 Å². The van der Waals surface area contributed by atoms with Crippen LogP contribution in [0, 0.1) is 23.7 Å². The summed E-state index contributed by atoms with van der Waals surface area (Å²) in [4.78, 5) is 51.7. The Morgan fingerprint density at radius 3 is 1.70 bits per heavy atom. The third kappa shape index (κ3) is 11.3. The predicted molar refractivity (Wildman–Crippen MR) is 162 cm³/mol. The molecule has 15 nitrogen and oxygen atoms in total. The predicted octanol–water partition coefficient (Wildman–Crippen LogP) is 0.992. The van der Waals surface area contributed by atoms with Gasteiger partial charge in [0.05, 0.1) is 19.1 Å². The van der Waals surface area contributed by atoms with E-state index in [1.807, 2.05) is 0 Å². The molecule has 15 heteroatoms. The van der Waals surface area contributed by atoms with Crippen molar-refractivity contribution in [3.63, 3.8) is 0 Å². The van der Waals surface area contributed by atoms with E-state index in [2.05, 4.69) is 0 Å². The standard InChI is InChI=1S/C32H54O15/c1-9-19(8)30(40)45-27-26(43-23(36)11-17(4)5)21(14-34)42-31(28(27)44-24(37)12-18(6)7)47-32(15-41-22(35)10-16(2)3)29(39)25(38)20(13-33)46-32/h16-21,25-29,31,33-34,38-39H,9-15H2,1-8H3. The summed E-state index contributed by atoms with van der Waals surface area (Å²) >= 11 is 0. The zero-order valence-electron chi connectivity index (χ0n) is 28.7. The molecule has 0 radical (unpaired) electrons. The van der Waals surface area contributed by atoms with E-state index in [9.17, 15) is 39.6 Å². The topological polar surface area (TPSA) is 214 Å². The van der Waals surface area contributed by atoms with Crippen molar-refractivity contribution in [2.45, 2.75) is 136 Å². The van der Waals surface area contributed by atoms with Gasteiger partial charge in [-0.2, -0.15) is 0 Å². The molecule has 2 rings (SSSR count). The zero-order valence-corrected chi connectivity index (χ0v) is 28.7. The minimum atomic E-state index is -2.39. The SMILES string of the molecule is CCC(C)C(=O)OC1C(OC(=O)CC(C)C)C(CO)OC(OC2(COC(=O)CC(C)C)OC(CO)C(O)C2O)C1OC(=O)CC(C)C. The molecule has 47 heavy (non-hydrogen) atoms. The molecule has 2 aliphatic heterocycles. The maximum absolute atomic E-state index is 13.2. The van der Waals surface area contributed by atoms with Crippen molar-refractivity contribution in [1.29, 1.82) is 0 Å². The Morgan fingerprint density at radius 1 is 0.723 bits per heavy atom. The second kappa shape index (κ2) is 18.4. The van der Waals surface area contributed by atoms with Crippen molar-refractivity contribution in [1.82, 2.24) is 0 Å². The van der Waals surface area contributed by atoms with E-state index in [4.69, 9.17) is 33.2 Å². The van der Waals surface area contributed by atoms with Crippen LogP contribution in [0.5, 0.6) is 0 Å². The molecule has 2 fully saturated rings. The Labute approximate surface area is 276 Å². The van der Waals surface area contributed by atoms with Gasteiger partial charge < -0.3 is 53.6 Å². The number of aliphatic hydroxyl groups excluding tert-OH is 4. The third-order valence-electron chi connectivity index (χ3n) is 7.73. The van der Waals surface area contributed by atoms with Gasteiger partial charge in [-0.05, 0) is 24.2 Å². The zero-order chi connectivity index (χ0) is 35.6. The van der Waals surface area contributed by atoms with Crippen LogP contribution >= 0.6 is 0 Å². The van der Waals surface area contributed by atoms with Gasteiger partial charge in [0.25, 0.3) is 0 Å². The molecule has 0 aromatic rings. The van der Waals surface area contributed by atoms with Crippen LogP contribution in [-0.4, -0.2) is 119 Å². The summed E-state index contributed by atoms with van der Waals surface area (Å²) in [6.45, 7) is 11.7. The van der Waals surface area contributed by atoms with E-state index >= 15 is 0 Å². The van der Waals surface area contributed by atoms with Gasteiger partial charge >= 0.3 is 23.9 Å². The molecule has 272 valence electrons. The molecule has 0 aliphatic carbocycles. The minimum absolute atomic E-state index is 0.00280. The van der Waals surface area contributed by atoms with E-state index in [0.717, 1.165) is 0 Å². The van der Waals surface area contributed by atoms with E-state index in [0.29, 0.717) is 6.42 Å². The molecule has 0 aromatic heterocycles. The first-order valence-electron chi connectivity index (χ1n) is 16.3. The number of rotatable bonds is 17. The summed E-state index contributed by atoms with van der Waals surface area (Å²) in [5, 5.41) is 42.0. The Hall–Kier alpha value is -2.40. The van der Waals surface area contributed by atoms with Crippen LogP contribution in [0.25, 0.3) is 0 Å². The lowest BCUT2D eigenvalue weighted by Gasteiger charge is -2.46.